The van der Waals surface area contributed by atoms with Gasteiger partial charge < -0.3 is 15.2 Å². The van der Waals surface area contributed by atoms with Gasteiger partial charge in [-0.05, 0) is 42.6 Å². The van der Waals surface area contributed by atoms with Gasteiger partial charge in [0.1, 0.15) is 5.75 Å². The summed E-state index contributed by atoms with van der Waals surface area (Å²) in [6.07, 6.45) is 0.493. The molecule has 0 fully saturated rings. The number of hydrogen-bond acceptors (Lipinski definition) is 3. The van der Waals surface area contributed by atoms with Crippen molar-refractivity contribution in [2.45, 2.75) is 18.4 Å². The largest absolute Gasteiger partial charge is 0.497 e. The molecule has 0 spiro atoms. The zero-order valence-electron chi connectivity index (χ0n) is 9.16. The highest BCUT2D eigenvalue weighted by Gasteiger charge is 2.29. The van der Waals surface area contributed by atoms with Crippen LogP contribution in [0.5, 0.6) is 5.75 Å². The van der Waals surface area contributed by atoms with Gasteiger partial charge in [0.2, 0.25) is 0 Å². The molecule has 82 valence electrons. The number of methoxy groups -OCH3 is 1. The third-order valence-corrected chi connectivity index (χ3v) is 3.05. The summed E-state index contributed by atoms with van der Waals surface area (Å²) in [5, 5.41) is 13.0. The van der Waals surface area contributed by atoms with Crippen LogP contribution < -0.4 is 10.1 Å². The first-order valence-corrected chi connectivity index (χ1v) is 5.26. The zero-order chi connectivity index (χ0) is 10.8. The molecule has 2 unspecified atom stereocenters. The molecule has 1 aromatic rings. The van der Waals surface area contributed by atoms with Crippen molar-refractivity contribution in [1.82, 2.24) is 5.32 Å². The van der Waals surface area contributed by atoms with E-state index in [0.717, 1.165) is 24.3 Å². The molecule has 0 saturated carbocycles. The van der Waals surface area contributed by atoms with Crippen LogP contribution >= 0.6 is 0 Å². The first kappa shape index (κ1) is 10.5. The Labute approximate surface area is 90.1 Å². The number of hydrogen-bond donors (Lipinski definition) is 2. The van der Waals surface area contributed by atoms with Crippen molar-refractivity contribution in [3.05, 3.63) is 29.3 Å². The van der Waals surface area contributed by atoms with E-state index >= 15 is 0 Å². The fraction of sp³-hybridized carbons (Fsp3) is 0.500. The number of ether oxygens (including phenoxy) is 1. The van der Waals surface area contributed by atoms with Crippen LogP contribution in [-0.4, -0.2) is 25.8 Å². The molecule has 3 heteroatoms. The highest BCUT2D eigenvalue weighted by atomic mass is 16.5. The Balaban J connectivity index is 2.34. The SMILES string of the molecule is CNCC1CC(O)c2ccc(OC)cc21. The average molecular weight is 207 g/mol. The Bertz CT molecular complexity index is 351. The lowest BCUT2D eigenvalue weighted by Crippen LogP contribution is -2.15. The molecular weight excluding hydrogens is 190 g/mol. The number of rotatable bonds is 3. The summed E-state index contributed by atoms with van der Waals surface area (Å²) in [7, 11) is 3.60. The minimum Gasteiger partial charge on any atom is -0.497 e. The molecule has 0 aromatic heterocycles. The van der Waals surface area contributed by atoms with Gasteiger partial charge in [-0.15, -0.1) is 0 Å². The summed E-state index contributed by atoms with van der Waals surface area (Å²) >= 11 is 0. The van der Waals surface area contributed by atoms with Crippen molar-refractivity contribution in [2.75, 3.05) is 20.7 Å². The molecule has 2 atom stereocenters. The van der Waals surface area contributed by atoms with Crippen LogP contribution in [0.2, 0.25) is 0 Å². The van der Waals surface area contributed by atoms with Crippen molar-refractivity contribution in [3.63, 3.8) is 0 Å². The van der Waals surface area contributed by atoms with E-state index in [1.54, 1.807) is 7.11 Å². The molecule has 3 nitrogen and oxygen atoms in total. The molecule has 2 rings (SSSR count). The van der Waals surface area contributed by atoms with Gasteiger partial charge in [0.25, 0.3) is 0 Å². The lowest BCUT2D eigenvalue weighted by Gasteiger charge is -2.11. The molecule has 15 heavy (non-hydrogen) atoms. The summed E-state index contributed by atoms with van der Waals surface area (Å²) < 4.78 is 5.20. The normalized spacial score (nSPS) is 23.9. The Kier molecular flexibility index (Phi) is 2.93. The number of fused-ring (bicyclic) bond motifs is 1. The third-order valence-electron chi connectivity index (χ3n) is 3.05. The monoisotopic (exact) mass is 207 g/mol. The molecule has 0 bridgehead atoms. The maximum Gasteiger partial charge on any atom is 0.119 e. The average Bonchev–Trinajstić information content (AvgIpc) is 2.56. The van der Waals surface area contributed by atoms with Gasteiger partial charge in [-0.3, -0.25) is 0 Å². The van der Waals surface area contributed by atoms with Crippen molar-refractivity contribution in [1.29, 1.82) is 0 Å². The maximum absolute atomic E-state index is 9.87. The van der Waals surface area contributed by atoms with E-state index in [0.29, 0.717) is 5.92 Å². The van der Waals surface area contributed by atoms with Crippen LogP contribution in [0.15, 0.2) is 18.2 Å². The highest BCUT2D eigenvalue weighted by Crippen LogP contribution is 2.41. The second-order valence-electron chi connectivity index (χ2n) is 4.00. The Hall–Kier alpha value is -1.06. The van der Waals surface area contributed by atoms with E-state index in [9.17, 15) is 5.11 Å². The lowest BCUT2D eigenvalue weighted by atomic mass is 10.0. The number of nitrogens with one attached hydrogen (secondary N) is 1. The summed E-state index contributed by atoms with van der Waals surface area (Å²) in [6, 6.07) is 5.91. The Morgan fingerprint density at radius 1 is 1.47 bits per heavy atom. The molecular formula is C12H17NO2. The van der Waals surface area contributed by atoms with Crippen LogP contribution in [0.3, 0.4) is 0 Å². The van der Waals surface area contributed by atoms with Crippen molar-refractivity contribution in [3.8, 4) is 5.75 Å². The Morgan fingerprint density at radius 3 is 2.93 bits per heavy atom. The van der Waals surface area contributed by atoms with Crippen molar-refractivity contribution < 1.29 is 9.84 Å². The third kappa shape index (κ3) is 1.85. The van der Waals surface area contributed by atoms with E-state index < -0.39 is 0 Å². The lowest BCUT2D eigenvalue weighted by molar-refractivity contribution is 0.173. The summed E-state index contributed by atoms with van der Waals surface area (Å²) in [4.78, 5) is 0. The minimum atomic E-state index is -0.316. The number of aliphatic hydroxyl groups excluding tert-OH is 1. The second kappa shape index (κ2) is 4.21. The van der Waals surface area contributed by atoms with Crippen LogP contribution in [0, 0.1) is 0 Å². The fourth-order valence-electron chi connectivity index (χ4n) is 2.30. The highest BCUT2D eigenvalue weighted by molar-refractivity contribution is 5.42. The van der Waals surface area contributed by atoms with Crippen molar-refractivity contribution >= 4 is 0 Å². The Morgan fingerprint density at radius 2 is 2.27 bits per heavy atom. The minimum absolute atomic E-state index is 0.316. The molecule has 1 aromatic carbocycles. The zero-order valence-corrected chi connectivity index (χ0v) is 9.16. The predicted octanol–water partition coefficient (Wildman–Crippen LogP) is 1.44. The topological polar surface area (TPSA) is 41.5 Å². The van der Waals surface area contributed by atoms with E-state index in [1.165, 1.54) is 5.56 Å². The van der Waals surface area contributed by atoms with Crippen LogP contribution in [0.4, 0.5) is 0 Å². The number of aliphatic hydroxyl groups is 1. The van der Waals surface area contributed by atoms with Gasteiger partial charge in [0.05, 0.1) is 13.2 Å². The van der Waals surface area contributed by atoms with Gasteiger partial charge in [-0.2, -0.15) is 0 Å². The maximum atomic E-state index is 9.87. The standard InChI is InChI=1S/C12H17NO2/c1-13-7-8-5-12(14)10-4-3-9(15-2)6-11(8)10/h3-4,6,8,12-14H,5,7H2,1-2H3. The van der Waals surface area contributed by atoms with E-state index in [2.05, 4.69) is 5.32 Å². The first-order chi connectivity index (χ1) is 7.26. The van der Waals surface area contributed by atoms with Gasteiger partial charge in [-0.1, -0.05) is 6.07 Å². The van der Waals surface area contributed by atoms with E-state index in [4.69, 9.17) is 4.74 Å². The first-order valence-electron chi connectivity index (χ1n) is 5.26. The smallest absolute Gasteiger partial charge is 0.119 e. The summed E-state index contributed by atoms with van der Waals surface area (Å²) in [5.41, 5.74) is 2.27. The van der Waals surface area contributed by atoms with E-state index in [-0.39, 0.29) is 6.10 Å². The van der Waals surface area contributed by atoms with Crippen LogP contribution in [0.25, 0.3) is 0 Å². The molecule has 0 aliphatic heterocycles. The summed E-state index contributed by atoms with van der Waals surface area (Å²) in [6.45, 7) is 0.900. The molecule has 1 aliphatic rings. The van der Waals surface area contributed by atoms with Crippen molar-refractivity contribution in [2.24, 2.45) is 0 Å². The van der Waals surface area contributed by atoms with Gasteiger partial charge in [-0.25, -0.2) is 0 Å². The predicted molar refractivity (Wildman–Crippen MR) is 59.2 cm³/mol. The fourth-order valence-corrected chi connectivity index (χ4v) is 2.30. The van der Waals surface area contributed by atoms with E-state index in [1.807, 2.05) is 25.2 Å². The summed E-state index contributed by atoms with van der Waals surface area (Å²) in [5.74, 6) is 1.26. The number of benzene rings is 1. The van der Waals surface area contributed by atoms with Gasteiger partial charge in [0, 0.05) is 6.54 Å². The second-order valence-corrected chi connectivity index (χ2v) is 4.00. The van der Waals surface area contributed by atoms with Crippen LogP contribution in [-0.2, 0) is 0 Å². The molecule has 2 N–H and O–H groups in total. The van der Waals surface area contributed by atoms with Gasteiger partial charge in [0.15, 0.2) is 0 Å². The van der Waals surface area contributed by atoms with Crippen LogP contribution in [0.1, 0.15) is 29.6 Å². The molecule has 0 radical (unpaired) electrons. The van der Waals surface area contributed by atoms with Gasteiger partial charge >= 0.3 is 0 Å². The molecule has 1 aliphatic carbocycles. The number of likely N-dealkylation sites (N-methyl/N-ethyl adjacent to an activating group) is 1. The molecule has 0 heterocycles. The molecule has 0 amide bonds. The molecule has 0 saturated heterocycles. The quantitative estimate of drug-likeness (QED) is 0.788.